The van der Waals surface area contributed by atoms with Gasteiger partial charge in [0.1, 0.15) is 0 Å². The van der Waals surface area contributed by atoms with Crippen molar-refractivity contribution in [3.63, 3.8) is 0 Å². The van der Waals surface area contributed by atoms with Crippen molar-refractivity contribution in [3.8, 4) is 0 Å². The van der Waals surface area contributed by atoms with E-state index in [0.717, 1.165) is 30.0 Å². The normalized spacial score (nSPS) is 13.3. The molecule has 2 aromatic carbocycles. The Morgan fingerprint density at radius 3 is 2.42 bits per heavy atom. The second-order valence-electron chi connectivity index (χ2n) is 6.32. The molecule has 1 unspecified atom stereocenters. The zero-order valence-electron chi connectivity index (χ0n) is 14.9. The summed E-state index contributed by atoms with van der Waals surface area (Å²) in [5.41, 5.74) is 5.95. The molecule has 0 radical (unpaired) electrons. The summed E-state index contributed by atoms with van der Waals surface area (Å²) in [7, 11) is -2.13. The lowest BCUT2D eigenvalue weighted by Gasteiger charge is -2.14. The first kappa shape index (κ1) is 18.3. The molecule has 0 aliphatic rings. The smallest absolute Gasteiger partial charge is 0.0343 e. The summed E-state index contributed by atoms with van der Waals surface area (Å²) in [6.07, 6.45) is 3.56. The van der Waals surface area contributed by atoms with Crippen LogP contribution in [-0.2, 0) is 22.4 Å². The molecule has 0 fully saturated rings. The molecule has 0 aliphatic carbocycles. The van der Waals surface area contributed by atoms with Crippen LogP contribution in [0.5, 0.6) is 0 Å². The van der Waals surface area contributed by atoms with Crippen LogP contribution < -0.4 is 5.32 Å². The fourth-order valence-corrected chi connectivity index (χ4v) is 3.39. The van der Waals surface area contributed by atoms with E-state index in [0.29, 0.717) is 0 Å². The first-order valence-electron chi connectivity index (χ1n) is 8.25. The monoisotopic (exact) mass is 341 g/mol. The Morgan fingerprint density at radius 1 is 1.17 bits per heavy atom. The lowest BCUT2D eigenvalue weighted by molar-refractivity contribution is 0.685. The zero-order chi connectivity index (χ0) is 17.7. The van der Waals surface area contributed by atoms with E-state index in [2.05, 4.69) is 49.8 Å². The van der Waals surface area contributed by atoms with Crippen molar-refractivity contribution < 1.29 is 4.21 Å². The van der Waals surface area contributed by atoms with Gasteiger partial charge in [0, 0.05) is 29.0 Å². The Kier molecular flexibility index (Phi) is 5.89. The predicted molar refractivity (Wildman–Crippen MR) is 107 cm³/mol. The molecule has 2 rings (SSSR count). The topological polar surface area (TPSA) is 29.1 Å². The quantitative estimate of drug-likeness (QED) is 0.769. The largest absolute Gasteiger partial charge is 0.385 e. The van der Waals surface area contributed by atoms with Crippen LogP contribution in [0.4, 0.5) is 0 Å². The highest BCUT2D eigenvalue weighted by Gasteiger charge is 2.05. The van der Waals surface area contributed by atoms with E-state index < -0.39 is 9.52 Å². The maximum Gasteiger partial charge on any atom is 0.0343 e. The van der Waals surface area contributed by atoms with Crippen molar-refractivity contribution in [1.82, 2.24) is 5.32 Å². The van der Waals surface area contributed by atoms with Crippen molar-refractivity contribution >= 4 is 21.1 Å². The summed E-state index contributed by atoms with van der Waals surface area (Å²) in [6.45, 7) is 9.28. The molecule has 0 aliphatic heterocycles. The van der Waals surface area contributed by atoms with Gasteiger partial charge in [-0.05, 0) is 64.5 Å². The van der Waals surface area contributed by atoms with Crippen LogP contribution in [0.2, 0.25) is 0 Å². The fourth-order valence-electron chi connectivity index (χ4n) is 2.68. The van der Waals surface area contributed by atoms with Gasteiger partial charge in [-0.2, -0.15) is 0 Å². The van der Waals surface area contributed by atoms with Gasteiger partial charge in [0.15, 0.2) is 0 Å². The van der Waals surface area contributed by atoms with E-state index in [1.165, 1.54) is 22.3 Å². The van der Waals surface area contributed by atoms with Crippen molar-refractivity contribution in [2.75, 3.05) is 12.8 Å². The van der Waals surface area contributed by atoms with Crippen molar-refractivity contribution in [2.45, 2.75) is 31.6 Å². The predicted octanol–water partition coefficient (Wildman–Crippen LogP) is 4.07. The third kappa shape index (κ3) is 4.75. The van der Waals surface area contributed by atoms with Gasteiger partial charge in [-0.3, -0.25) is 4.21 Å². The Morgan fingerprint density at radius 2 is 1.83 bits per heavy atom. The second-order valence-corrected chi connectivity index (χ2v) is 8.80. The van der Waals surface area contributed by atoms with Gasteiger partial charge in [0.25, 0.3) is 0 Å². The first-order valence-corrected chi connectivity index (χ1v) is 10.4. The van der Waals surface area contributed by atoms with Crippen molar-refractivity contribution in [2.24, 2.45) is 0 Å². The number of hydrogen-bond acceptors (Lipinski definition) is 2. The van der Waals surface area contributed by atoms with Gasteiger partial charge in [0.2, 0.25) is 0 Å². The SMILES string of the molecule is C=C(NCCc1ccc(S(=C)(C)=O)cc1)c1cc(C)ccc1CC. The van der Waals surface area contributed by atoms with Gasteiger partial charge >= 0.3 is 0 Å². The average molecular weight is 342 g/mol. The van der Waals surface area contributed by atoms with Gasteiger partial charge in [-0.25, -0.2) is 0 Å². The average Bonchev–Trinajstić information content (AvgIpc) is 2.54. The lowest BCUT2D eigenvalue weighted by atomic mass is 10.0. The van der Waals surface area contributed by atoms with Crippen LogP contribution >= 0.6 is 0 Å². The Hall–Kier alpha value is -2.00. The number of rotatable bonds is 7. The summed E-state index contributed by atoms with van der Waals surface area (Å²) < 4.78 is 11.9. The standard InChI is InChI=1S/C21H27NOS/c1-6-19-10-7-16(2)15-21(19)17(3)22-14-13-18-8-11-20(12-9-18)24(4,5)23/h7-12,15,22H,3-4,6,13-14H2,1-2,5H3. The summed E-state index contributed by atoms with van der Waals surface area (Å²) in [6, 6.07) is 14.4. The molecular weight excluding hydrogens is 314 g/mol. The highest BCUT2D eigenvalue weighted by Crippen LogP contribution is 2.18. The first-order chi connectivity index (χ1) is 11.3. The highest BCUT2D eigenvalue weighted by atomic mass is 32.2. The summed E-state index contributed by atoms with van der Waals surface area (Å²) in [4.78, 5) is 0.802. The Balaban J connectivity index is 1.97. The fraction of sp³-hybridized carbons (Fsp3) is 0.286. The van der Waals surface area contributed by atoms with E-state index in [1.54, 1.807) is 6.26 Å². The molecule has 24 heavy (non-hydrogen) atoms. The molecule has 0 spiro atoms. The Labute approximate surface area is 146 Å². The maximum atomic E-state index is 11.9. The molecule has 0 bridgehead atoms. The second kappa shape index (κ2) is 7.71. The Bertz CT molecular complexity index is 817. The molecular formula is C21H27NOS. The van der Waals surface area contributed by atoms with E-state index in [-0.39, 0.29) is 0 Å². The number of aryl methyl sites for hydroxylation is 2. The molecule has 0 saturated heterocycles. The summed E-state index contributed by atoms with van der Waals surface area (Å²) >= 11 is 0. The van der Waals surface area contributed by atoms with Crippen LogP contribution in [0.25, 0.3) is 5.70 Å². The molecule has 0 saturated carbocycles. The zero-order valence-corrected chi connectivity index (χ0v) is 15.7. The lowest BCUT2D eigenvalue weighted by Crippen LogP contribution is -2.16. The molecule has 1 atom stereocenters. The van der Waals surface area contributed by atoms with E-state index in [4.69, 9.17) is 0 Å². The highest BCUT2D eigenvalue weighted by molar-refractivity contribution is 7.99. The minimum absolute atomic E-state index is 0.802. The minimum atomic E-state index is -2.13. The summed E-state index contributed by atoms with van der Waals surface area (Å²) in [5.74, 6) is 3.72. The van der Waals surface area contributed by atoms with Crippen LogP contribution in [0, 0.1) is 6.92 Å². The van der Waals surface area contributed by atoms with Gasteiger partial charge < -0.3 is 5.32 Å². The van der Waals surface area contributed by atoms with Crippen LogP contribution in [0.3, 0.4) is 0 Å². The number of benzene rings is 2. The van der Waals surface area contributed by atoms with Gasteiger partial charge in [-0.15, -0.1) is 0 Å². The molecule has 0 amide bonds. The number of hydrogen-bond donors (Lipinski definition) is 1. The van der Waals surface area contributed by atoms with Crippen LogP contribution in [-0.4, -0.2) is 22.9 Å². The molecule has 2 nitrogen and oxygen atoms in total. The molecule has 1 N–H and O–H groups in total. The minimum Gasteiger partial charge on any atom is -0.385 e. The van der Waals surface area contributed by atoms with E-state index >= 15 is 0 Å². The molecule has 0 heterocycles. The third-order valence-corrected chi connectivity index (χ3v) is 5.41. The van der Waals surface area contributed by atoms with Gasteiger partial charge in [-0.1, -0.05) is 43.3 Å². The van der Waals surface area contributed by atoms with Crippen LogP contribution in [0.15, 0.2) is 53.9 Å². The van der Waals surface area contributed by atoms with E-state index in [1.807, 2.05) is 24.3 Å². The molecule has 128 valence electrons. The maximum absolute atomic E-state index is 11.9. The van der Waals surface area contributed by atoms with Gasteiger partial charge in [0.05, 0.1) is 0 Å². The molecule has 2 aromatic rings. The van der Waals surface area contributed by atoms with Crippen LogP contribution in [0.1, 0.15) is 29.2 Å². The van der Waals surface area contributed by atoms with Crippen molar-refractivity contribution in [3.05, 3.63) is 71.3 Å². The number of nitrogens with one attached hydrogen (secondary N) is 1. The third-order valence-electron chi connectivity index (χ3n) is 4.15. The van der Waals surface area contributed by atoms with E-state index in [9.17, 15) is 4.21 Å². The van der Waals surface area contributed by atoms with Crippen molar-refractivity contribution in [1.29, 1.82) is 0 Å². The molecule has 3 heteroatoms. The molecule has 0 aromatic heterocycles. The summed E-state index contributed by atoms with van der Waals surface area (Å²) in [5, 5.41) is 3.43.